The van der Waals surface area contributed by atoms with Crippen molar-refractivity contribution in [2.45, 2.75) is 97.2 Å². The summed E-state index contributed by atoms with van der Waals surface area (Å²) in [5.41, 5.74) is 0.290. The largest absolute Gasteiger partial charge is 0.393 e. The fourth-order valence-corrected chi connectivity index (χ4v) is 9.93. The molecule has 10 unspecified atom stereocenters. The van der Waals surface area contributed by atoms with Gasteiger partial charge in [0.1, 0.15) is 0 Å². The van der Waals surface area contributed by atoms with Crippen molar-refractivity contribution in [2.75, 3.05) is 33.2 Å². The van der Waals surface area contributed by atoms with Gasteiger partial charge in [0.2, 0.25) is 5.91 Å². The summed E-state index contributed by atoms with van der Waals surface area (Å²) in [6, 6.07) is 0. The molecule has 4 saturated carbocycles. The van der Waals surface area contributed by atoms with Crippen molar-refractivity contribution in [1.82, 2.24) is 9.80 Å². The molecule has 194 valence electrons. The van der Waals surface area contributed by atoms with Gasteiger partial charge in [-0.2, -0.15) is 0 Å². The summed E-state index contributed by atoms with van der Waals surface area (Å²) < 4.78 is 0. The Morgan fingerprint density at radius 2 is 1.71 bits per heavy atom. The summed E-state index contributed by atoms with van der Waals surface area (Å²) in [5.74, 6) is 3.92. The molecular weight excluding hydrogens is 424 g/mol. The summed E-state index contributed by atoms with van der Waals surface area (Å²) in [7, 11) is 2.13. The third kappa shape index (κ3) is 4.06. The molecule has 1 saturated heterocycles. The van der Waals surface area contributed by atoms with Crippen LogP contribution in [0, 0.1) is 46.3 Å². The van der Waals surface area contributed by atoms with Crippen LogP contribution in [0.15, 0.2) is 0 Å². The third-order valence-electron chi connectivity index (χ3n) is 12.2. The highest BCUT2D eigenvalue weighted by Crippen LogP contribution is 2.68. The lowest BCUT2D eigenvalue weighted by Crippen LogP contribution is -2.58. The smallest absolute Gasteiger partial charge is 0.222 e. The van der Waals surface area contributed by atoms with Crippen LogP contribution in [0.2, 0.25) is 0 Å². The van der Waals surface area contributed by atoms with E-state index in [0.717, 1.165) is 64.2 Å². The van der Waals surface area contributed by atoms with E-state index in [2.05, 4.69) is 37.6 Å². The van der Waals surface area contributed by atoms with Crippen LogP contribution >= 0.6 is 0 Å². The maximum Gasteiger partial charge on any atom is 0.222 e. The first kappa shape index (κ1) is 25.0. The number of amides is 1. The fourth-order valence-electron chi connectivity index (χ4n) is 9.93. The molecule has 1 heterocycles. The number of piperazine rings is 1. The van der Waals surface area contributed by atoms with Crippen LogP contribution in [-0.4, -0.2) is 71.4 Å². The minimum absolute atomic E-state index is 0.00511. The molecule has 5 aliphatic rings. The Morgan fingerprint density at radius 3 is 2.44 bits per heavy atom. The van der Waals surface area contributed by atoms with Gasteiger partial charge in [-0.15, -0.1) is 0 Å². The fraction of sp³-hybridized carbons (Fsp3) is 0.966. The highest BCUT2D eigenvalue weighted by Gasteiger charge is 2.63. The number of aliphatic hydroxyl groups is 2. The van der Waals surface area contributed by atoms with Gasteiger partial charge in [0.15, 0.2) is 0 Å². The molecule has 0 bridgehead atoms. The van der Waals surface area contributed by atoms with E-state index in [1.807, 2.05) is 0 Å². The van der Waals surface area contributed by atoms with Crippen molar-refractivity contribution in [3.8, 4) is 0 Å². The van der Waals surface area contributed by atoms with Gasteiger partial charge in [0.05, 0.1) is 12.2 Å². The van der Waals surface area contributed by atoms with E-state index in [4.69, 9.17) is 0 Å². The molecule has 5 fully saturated rings. The summed E-state index contributed by atoms with van der Waals surface area (Å²) in [6.07, 6.45) is 10.3. The average Bonchev–Trinajstić information content (AvgIpc) is 3.18. The molecule has 5 heteroatoms. The predicted molar refractivity (Wildman–Crippen MR) is 135 cm³/mol. The standard InChI is InChI=1S/C29H50N2O3/c1-19(5-10-27(34)31-15-13-30(4)14-16-31)23-8-9-24-22-7-6-20-17-21(32)11-12-28(20,2)25(22)18-26(33)29(23,24)3/h19-26,32-33H,5-18H2,1-4H3. The normalized spacial score (nSPS) is 48.1. The maximum atomic E-state index is 12.9. The monoisotopic (exact) mass is 474 g/mol. The summed E-state index contributed by atoms with van der Waals surface area (Å²) >= 11 is 0. The molecule has 10 atom stereocenters. The van der Waals surface area contributed by atoms with Gasteiger partial charge in [-0.05, 0) is 111 Å². The third-order valence-corrected chi connectivity index (χ3v) is 12.2. The van der Waals surface area contributed by atoms with E-state index in [1.54, 1.807) is 0 Å². The van der Waals surface area contributed by atoms with Gasteiger partial charge in [-0.25, -0.2) is 0 Å². The Kier molecular flexibility index (Phi) is 6.87. The topological polar surface area (TPSA) is 64.0 Å². The van der Waals surface area contributed by atoms with Crippen molar-refractivity contribution < 1.29 is 15.0 Å². The first-order chi connectivity index (χ1) is 16.1. The van der Waals surface area contributed by atoms with E-state index in [9.17, 15) is 15.0 Å². The number of hydrogen-bond donors (Lipinski definition) is 2. The number of fused-ring (bicyclic) bond motifs is 5. The van der Waals surface area contributed by atoms with Crippen molar-refractivity contribution in [3.63, 3.8) is 0 Å². The van der Waals surface area contributed by atoms with Gasteiger partial charge in [0, 0.05) is 32.6 Å². The van der Waals surface area contributed by atoms with Crippen LogP contribution in [0.3, 0.4) is 0 Å². The predicted octanol–water partition coefficient (Wildman–Crippen LogP) is 4.17. The number of rotatable bonds is 4. The van der Waals surface area contributed by atoms with Gasteiger partial charge in [0.25, 0.3) is 0 Å². The second-order valence-corrected chi connectivity index (χ2v) is 13.6. The summed E-state index contributed by atoms with van der Waals surface area (Å²) in [5, 5.41) is 22.0. The molecule has 4 aliphatic carbocycles. The highest BCUT2D eigenvalue weighted by molar-refractivity contribution is 5.76. The molecule has 1 amide bonds. The molecule has 5 nitrogen and oxygen atoms in total. The number of likely N-dealkylation sites (N-methyl/N-ethyl adjacent to an activating group) is 1. The number of nitrogens with zero attached hydrogens (tertiary/aromatic N) is 2. The summed E-state index contributed by atoms with van der Waals surface area (Å²) in [6.45, 7) is 11.0. The van der Waals surface area contributed by atoms with Crippen molar-refractivity contribution in [3.05, 3.63) is 0 Å². The second kappa shape index (κ2) is 9.34. The maximum absolute atomic E-state index is 12.9. The van der Waals surface area contributed by atoms with Crippen LogP contribution in [0.5, 0.6) is 0 Å². The zero-order valence-electron chi connectivity index (χ0n) is 22.2. The van der Waals surface area contributed by atoms with Gasteiger partial charge in [-0.1, -0.05) is 20.8 Å². The lowest BCUT2D eigenvalue weighted by Gasteiger charge is -2.62. The Labute approximate surface area is 207 Å². The molecule has 0 aromatic carbocycles. The minimum atomic E-state index is -0.232. The van der Waals surface area contributed by atoms with Crippen molar-refractivity contribution in [2.24, 2.45) is 46.3 Å². The Hall–Kier alpha value is -0.650. The molecular formula is C29H50N2O3. The molecule has 2 N–H and O–H groups in total. The van der Waals surface area contributed by atoms with E-state index in [1.165, 1.54) is 25.7 Å². The van der Waals surface area contributed by atoms with Crippen LogP contribution in [0.4, 0.5) is 0 Å². The van der Waals surface area contributed by atoms with Gasteiger partial charge in [-0.3, -0.25) is 4.79 Å². The molecule has 0 aromatic rings. The first-order valence-corrected chi connectivity index (χ1v) is 14.5. The van der Waals surface area contributed by atoms with Gasteiger partial charge < -0.3 is 20.0 Å². The molecule has 34 heavy (non-hydrogen) atoms. The molecule has 5 rings (SSSR count). The zero-order chi connectivity index (χ0) is 24.3. The molecule has 0 spiro atoms. The zero-order valence-corrected chi connectivity index (χ0v) is 22.2. The molecule has 0 aromatic heterocycles. The Morgan fingerprint density at radius 1 is 0.971 bits per heavy atom. The lowest BCUT2D eigenvalue weighted by atomic mass is 9.43. The van der Waals surface area contributed by atoms with E-state index in [0.29, 0.717) is 47.3 Å². The molecule has 1 aliphatic heterocycles. The van der Waals surface area contributed by atoms with Crippen LogP contribution < -0.4 is 0 Å². The second-order valence-electron chi connectivity index (χ2n) is 13.6. The average molecular weight is 475 g/mol. The quantitative estimate of drug-likeness (QED) is 0.642. The molecule has 0 radical (unpaired) electrons. The van der Waals surface area contributed by atoms with E-state index < -0.39 is 0 Å². The Bertz CT molecular complexity index is 752. The van der Waals surface area contributed by atoms with Crippen LogP contribution in [-0.2, 0) is 4.79 Å². The summed E-state index contributed by atoms with van der Waals surface area (Å²) in [4.78, 5) is 17.2. The van der Waals surface area contributed by atoms with E-state index in [-0.39, 0.29) is 17.6 Å². The number of hydrogen-bond acceptors (Lipinski definition) is 4. The van der Waals surface area contributed by atoms with Crippen LogP contribution in [0.25, 0.3) is 0 Å². The SMILES string of the molecule is CC(CCC(=O)N1CCN(C)CC1)C1CCC2C3CCC4CC(O)CCC4(C)C3CC(O)C12C. The first-order valence-electron chi connectivity index (χ1n) is 14.5. The van der Waals surface area contributed by atoms with E-state index >= 15 is 0 Å². The Balaban J connectivity index is 1.25. The van der Waals surface area contributed by atoms with Gasteiger partial charge >= 0.3 is 0 Å². The van der Waals surface area contributed by atoms with Crippen LogP contribution in [0.1, 0.15) is 85.0 Å². The van der Waals surface area contributed by atoms with Crippen molar-refractivity contribution in [1.29, 1.82) is 0 Å². The number of carbonyl (C=O) groups excluding carboxylic acids is 1. The lowest BCUT2D eigenvalue weighted by molar-refractivity contribution is -0.175. The number of aliphatic hydroxyl groups excluding tert-OH is 2. The highest BCUT2D eigenvalue weighted by atomic mass is 16.3. The number of carbonyl (C=O) groups is 1. The minimum Gasteiger partial charge on any atom is -0.393 e. The van der Waals surface area contributed by atoms with Crippen molar-refractivity contribution >= 4 is 5.91 Å².